The van der Waals surface area contributed by atoms with Crippen molar-refractivity contribution in [1.82, 2.24) is 10.2 Å². The van der Waals surface area contributed by atoms with Gasteiger partial charge >= 0.3 is 0 Å². The van der Waals surface area contributed by atoms with Crippen molar-refractivity contribution in [3.63, 3.8) is 0 Å². The van der Waals surface area contributed by atoms with Crippen LogP contribution in [0.1, 0.15) is 36.1 Å². The summed E-state index contributed by atoms with van der Waals surface area (Å²) in [6, 6.07) is 16.7. The molecule has 1 atom stereocenters. The largest absolute Gasteiger partial charge is 0.483 e. The Hall–Kier alpha value is -2.98. The number of benzene rings is 2. The number of ether oxygens (including phenoxy) is 1. The van der Waals surface area contributed by atoms with Crippen molar-refractivity contribution < 1.29 is 14.3 Å². The molecule has 2 amide bonds. The molecule has 2 aromatic rings. The number of nitrogens with one attached hydrogen (secondary N) is 1. The van der Waals surface area contributed by atoms with Crippen molar-refractivity contribution >= 4 is 23.6 Å². The smallest absolute Gasteiger partial charge is 0.259 e. The molecule has 0 aliphatic carbocycles. The molecule has 0 heterocycles. The minimum atomic E-state index is -0.196. The number of thioether (sulfide) groups is 1. The van der Waals surface area contributed by atoms with Crippen LogP contribution < -0.4 is 10.1 Å². The predicted molar refractivity (Wildman–Crippen MR) is 119 cm³/mol. The van der Waals surface area contributed by atoms with E-state index in [9.17, 15) is 9.59 Å². The molecule has 0 bridgehead atoms. The van der Waals surface area contributed by atoms with E-state index in [0.717, 1.165) is 11.1 Å². The lowest BCUT2D eigenvalue weighted by Crippen LogP contribution is -2.31. The zero-order valence-corrected chi connectivity index (χ0v) is 18.4. The highest BCUT2D eigenvalue weighted by Gasteiger charge is 2.18. The molecule has 0 saturated heterocycles. The number of amides is 2. The van der Waals surface area contributed by atoms with Crippen LogP contribution in [0.25, 0.3) is 0 Å². The van der Waals surface area contributed by atoms with E-state index in [2.05, 4.69) is 11.4 Å². The van der Waals surface area contributed by atoms with Crippen LogP contribution in [0, 0.1) is 11.3 Å². The summed E-state index contributed by atoms with van der Waals surface area (Å²) in [5, 5.41) is 11.9. The van der Waals surface area contributed by atoms with E-state index < -0.39 is 0 Å². The second-order valence-electron chi connectivity index (χ2n) is 6.94. The molecule has 0 aromatic heterocycles. The van der Waals surface area contributed by atoms with Gasteiger partial charge in [-0.05, 0) is 30.2 Å². The van der Waals surface area contributed by atoms with Crippen LogP contribution in [0.4, 0.5) is 0 Å². The molecule has 158 valence electrons. The SMILES string of the molecule is CCC(NC(=O)CSCc1ccc(C#N)cc1)c1ccccc1OCC(=O)N(C)C. The van der Waals surface area contributed by atoms with Crippen LogP contribution in [0.3, 0.4) is 0 Å². The van der Waals surface area contributed by atoms with E-state index in [4.69, 9.17) is 10.00 Å². The number of rotatable bonds is 10. The summed E-state index contributed by atoms with van der Waals surface area (Å²) < 4.78 is 5.71. The maximum atomic E-state index is 12.5. The Morgan fingerprint density at radius 3 is 2.50 bits per heavy atom. The number of carbonyl (C=O) groups excluding carboxylic acids is 2. The van der Waals surface area contributed by atoms with Crippen LogP contribution in [0.5, 0.6) is 5.75 Å². The van der Waals surface area contributed by atoms with E-state index in [-0.39, 0.29) is 24.5 Å². The first-order chi connectivity index (χ1) is 14.4. The van der Waals surface area contributed by atoms with Gasteiger partial charge < -0.3 is 15.0 Å². The number of nitrogens with zero attached hydrogens (tertiary/aromatic N) is 2. The second kappa shape index (κ2) is 11.9. The van der Waals surface area contributed by atoms with E-state index in [1.807, 2.05) is 43.3 Å². The molecule has 2 rings (SSSR count). The van der Waals surface area contributed by atoms with Gasteiger partial charge in [-0.3, -0.25) is 9.59 Å². The molecule has 0 fully saturated rings. The van der Waals surface area contributed by atoms with Crippen LogP contribution >= 0.6 is 11.8 Å². The molecular weight excluding hydrogens is 398 g/mol. The first-order valence-electron chi connectivity index (χ1n) is 9.72. The normalized spacial score (nSPS) is 11.3. The van der Waals surface area contributed by atoms with Gasteiger partial charge in [-0.1, -0.05) is 37.3 Å². The van der Waals surface area contributed by atoms with Gasteiger partial charge in [-0.15, -0.1) is 11.8 Å². The van der Waals surface area contributed by atoms with Gasteiger partial charge in [0.1, 0.15) is 5.75 Å². The van der Waals surface area contributed by atoms with E-state index >= 15 is 0 Å². The third kappa shape index (κ3) is 7.12. The van der Waals surface area contributed by atoms with Crippen molar-refractivity contribution in [2.75, 3.05) is 26.5 Å². The van der Waals surface area contributed by atoms with Crippen LogP contribution in [-0.2, 0) is 15.3 Å². The molecule has 6 nitrogen and oxygen atoms in total. The average molecular weight is 426 g/mol. The first-order valence-corrected chi connectivity index (χ1v) is 10.9. The zero-order chi connectivity index (χ0) is 21.9. The molecule has 0 saturated carbocycles. The van der Waals surface area contributed by atoms with Crippen LogP contribution in [0.15, 0.2) is 48.5 Å². The second-order valence-corrected chi connectivity index (χ2v) is 7.93. The summed E-state index contributed by atoms with van der Waals surface area (Å²) in [5.74, 6) is 1.45. The molecule has 0 aliphatic rings. The van der Waals surface area contributed by atoms with Crippen LogP contribution in [0.2, 0.25) is 0 Å². The molecule has 0 spiro atoms. The number of para-hydroxylation sites is 1. The molecule has 30 heavy (non-hydrogen) atoms. The van der Waals surface area contributed by atoms with E-state index in [0.29, 0.717) is 29.2 Å². The molecule has 2 aromatic carbocycles. The van der Waals surface area contributed by atoms with Gasteiger partial charge in [0, 0.05) is 25.4 Å². The molecule has 1 unspecified atom stereocenters. The lowest BCUT2D eigenvalue weighted by atomic mass is 10.0. The van der Waals surface area contributed by atoms with Gasteiger partial charge in [0.05, 0.1) is 23.4 Å². The summed E-state index contributed by atoms with van der Waals surface area (Å²) in [7, 11) is 3.37. The lowest BCUT2D eigenvalue weighted by Gasteiger charge is -2.21. The monoisotopic (exact) mass is 425 g/mol. The minimum Gasteiger partial charge on any atom is -0.483 e. The Morgan fingerprint density at radius 2 is 1.87 bits per heavy atom. The van der Waals surface area contributed by atoms with E-state index in [1.165, 1.54) is 16.7 Å². The Bertz CT molecular complexity index is 891. The fourth-order valence-electron chi connectivity index (χ4n) is 2.74. The van der Waals surface area contributed by atoms with Gasteiger partial charge in [0.15, 0.2) is 6.61 Å². The Kier molecular flexibility index (Phi) is 9.23. The van der Waals surface area contributed by atoms with Gasteiger partial charge in [-0.25, -0.2) is 0 Å². The number of hydrogen-bond acceptors (Lipinski definition) is 5. The van der Waals surface area contributed by atoms with Crippen molar-refractivity contribution in [2.24, 2.45) is 0 Å². The Labute approximate surface area is 182 Å². The standard InChI is InChI=1S/C23H27N3O3S/c1-4-20(19-7-5-6-8-21(19)29-14-23(28)26(2)3)25-22(27)16-30-15-18-11-9-17(13-24)10-12-18/h5-12,20H,4,14-16H2,1-3H3,(H,25,27). The summed E-state index contributed by atoms with van der Waals surface area (Å²) in [6.07, 6.45) is 0.702. The van der Waals surface area contributed by atoms with Gasteiger partial charge in [0.25, 0.3) is 5.91 Å². The molecule has 0 radical (unpaired) electrons. The van der Waals surface area contributed by atoms with Crippen molar-refractivity contribution in [3.05, 3.63) is 65.2 Å². The lowest BCUT2D eigenvalue weighted by molar-refractivity contribution is -0.130. The molecule has 1 N–H and O–H groups in total. The first kappa shape index (κ1) is 23.3. The topological polar surface area (TPSA) is 82.4 Å². The Morgan fingerprint density at radius 1 is 1.17 bits per heavy atom. The summed E-state index contributed by atoms with van der Waals surface area (Å²) in [6.45, 7) is 1.95. The fourth-order valence-corrected chi connectivity index (χ4v) is 3.54. The zero-order valence-electron chi connectivity index (χ0n) is 17.6. The third-order valence-electron chi connectivity index (χ3n) is 4.47. The quantitative estimate of drug-likeness (QED) is 0.630. The maximum Gasteiger partial charge on any atom is 0.259 e. The molecule has 0 aliphatic heterocycles. The summed E-state index contributed by atoms with van der Waals surface area (Å²) >= 11 is 1.52. The third-order valence-corrected chi connectivity index (χ3v) is 5.48. The number of nitriles is 1. The van der Waals surface area contributed by atoms with Crippen LogP contribution in [-0.4, -0.2) is 43.2 Å². The number of hydrogen-bond donors (Lipinski definition) is 1. The minimum absolute atomic E-state index is 0.0468. The highest BCUT2D eigenvalue weighted by atomic mass is 32.2. The Balaban J connectivity index is 1.91. The van der Waals surface area contributed by atoms with Gasteiger partial charge in [0.2, 0.25) is 5.91 Å². The van der Waals surface area contributed by atoms with Crippen molar-refractivity contribution in [2.45, 2.75) is 25.1 Å². The highest BCUT2D eigenvalue weighted by molar-refractivity contribution is 7.99. The summed E-state index contributed by atoms with van der Waals surface area (Å²) in [5.41, 5.74) is 2.56. The fraction of sp³-hybridized carbons (Fsp3) is 0.348. The summed E-state index contributed by atoms with van der Waals surface area (Å²) in [4.78, 5) is 25.8. The highest BCUT2D eigenvalue weighted by Crippen LogP contribution is 2.27. The maximum absolute atomic E-state index is 12.5. The number of carbonyl (C=O) groups is 2. The van der Waals surface area contributed by atoms with E-state index in [1.54, 1.807) is 26.2 Å². The predicted octanol–water partition coefficient (Wildman–Crippen LogP) is 3.53. The molecule has 7 heteroatoms. The average Bonchev–Trinajstić information content (AvgIpc) is 2.76. The van der Waals surface area contributed by atoms with Crippen molar-refractivity contribution in [1.29, 1.82) is 5.26 Å². The van der Waals surface area contributed by atoms with Crippen molar-refractivity contribution in [3.8, 4) is 11.8 Å². The van der Waals surface area contributed by atoms with Gasteiger partial charge in [-0.2, -0.15) is 5.26 Å². The molecular formula is C23H27N3O3S. The number of likely N-dealkylation sites (N-methyl/N-ethyl adjacent to an activating group) is 1.